The van der Waals surface area contributed by atoms with Crippen LogP contribution in [0.4, 0.5) is 0 Å². The summed E-state index contributed by atoms with van der Waals surface area (Å²) in [6, 6.07) is -3.33. The van der Waals surface area contributed by atoms with Crippen LogP contribution in [-0.4, -0.2) is 350 Å². The smallest absolute Gasteiger partial charge is 0.268 e. The first kappa shape index (κ1) is 87.3. The summed E-state index contributed by atoms with van der Waals surface area (Å²) in [6.45, 7) is 3.16. The van der Waals surface area contributed by atoms with Crippen molar-refractivity contribution in [2.45, 2.75) is 184 Å². The molecule has 0 aliphatic carbocycles. The predicted octanol–water partition coefficient (Wildman–Crippen LogP) is -9.46. The van der Waals surface area contributed by atoms with Gasteiger partial charge in [-0.2, -0.15) is 0 Å². The molecule has 0 aromatic rings. The Morgan fingerprint density at radius 3 is 1.42 bits per heavy atom. The van der Waals surface area contributed by atoms with Gasteiger partial charge in [-0.05, 0) is 46.5 Å². The summed E-state index contributed by atoms with van der Waals surface area (Å²) >= 11 is 0. The van der Waals surface area contributed by atoms with Crippen molar-refractivity contribution in [1.82, 2.24) is 47.0 Å². The Hall–Kier alpha value is -4.89. The van der Waals surface area contributed by atoms with Crippen molar-refractivity contribution in [3.8, 4) is 0 Å². The van der Waals surface area contributed by atoms with Crippen molar-refractivity contribution < 1.29 is 146 Å². The van der Waals surface area contributed by atoms with Crippen molar-refractivity contribution in [3.05, 3.63) is 0 Å². The molecule has 17 atom stereocenters. The highest BCUT2D eigenvalue weighted by Gasteiger charge is 2.47. The number of ether oxygens (including phenoxy) is 8. The van der Waals surface area contributed by atoms with Crippen molar-refractivity contribution in [3.63, 3.8) is 0 Å². The van der Waals surface area contributed by atoms with E-state index in [9.17, 15) is 98.9 Å². The molecular weight excluding hydrogens is 1330 g/mol. The lowest BCUT2D eigenvalue weighted by Crippen LogP contribution is -2.64. The van der Waals surface area contributed by atoms with E-state index in [1.807, 2.05) is 0 Å². The molecule has 0 bridgehead atoms. The Balaban J connectivity index is 1.66. The molecule has 40 heteroatoms. The fourth-order valence-corrected chi connectivity index (χ4v) is 11.3. The third-order valence-corrected chi connectivity index (χ3v) is 16.1. The van der Waals surface area contributed by atoms with E-state index in [0.29, 0.717) is 6.42 Å². The van der Waals surface area contributed by atoms with Crippen LogP contribution in [0.5, 0.6) is 0 Å². The van der Waals surface area contributed by atoms with Crippen LogP contribution in [-0.2, 0) is 89.9 Å². The highest BCUT2D eigenvalue weighted by Crippen LogP contribution is 2.43. The fraction of sp³-hybridized carbons (Fsp3) is 0.862. The van der Waals surface area contributed by atoms with Gasteiger partial charge in [-0.25, -0.2) is 0 Å². The van der Waals surface area contributed by atoms with Crippen LogP contribution in [0, 0.1) is 0 Å². The van der Waals surface area contributed by atoms with Crippen LogP contribution in [0.3, 0.4) is 0 Å². The molecule has 0 aromatic heterocycles. The molecule has 0 spiro atoms. The second kappa shape index (κ2) is 45.9. The number of nitrogens with one attached hydrogen (secondary N) is 7. The van der Waals surface area contributed by atoms with E-state index in [0.717, 1.165) is 0 Å². The van der Waals surface area contributed by atoms with Gasteiger partial charge in [-0.1, -0.05) is 0 Å². The summed E-state index contributed by atoms with van der Waals surface area (Å²) in [5, 5.41) is 120. The Morgan fingerprint density at radius 2 is 0.959 bits per heavy atom. The Kier molecular flexibility index (Phi) is 40.9. The van der Waals surface area contributed by atoms with Crippen LogP contribution in [0.1, 0.15) is 80.1 Å². The number of phosphoric acid groups is 1. The summed E-state index contributed by atoms with van der Waals surface area (Å²) < 4.78 is 66.6. The standard InChI is InChI=1S/C58H106N9O30P/c1-34(71)63-47-38(94-39(30-68)50(80)53(47)83)10-8-18-88-19-13-59-43(76)27-66(28-44(77)60-14-20-89-22-24-91-56-48(64-35(2)72)54(84)51(81)40(31-69)95-56)16-9-17-67(46(79)12-7-11-42(75)62-26-37(74)33-93-98(86,87)97-58(4,5)6)29-45(78)61-15-21-90-23-25-92-57-49(65-36(3)73)55(85)52(82)41(32-70)96-57/h37-41,47-57,68-70,74,80-85H,7-33H2,1-6H3,(H,59,76)(H,60,77)(H,61,78)(H,62,75)(H,63,71)(H,64,72)(H,65,73)(H,86,87)/p-1/t37-,38?,39?,40?,41?,47?,48?,49?,50?,51?,52?,53?,54?,55?,56?,57?/m1/s1. The number of hydrogen-bond acceptors (Lipinski definition) is 31. The highest BCUT2D eigenvalue weighted by molar-refractivity contribution is 7.45. The molecule has 3 aliphatic heterocycles. The van der Waals surface area contributed by atoms with Crippen LogP contribution < -0.4 is 42.1 Å². The van der Waals surface area contributed by atoms with Crippen LogP contribution in [0.2, 0.25) is 0 Å². The van der Waals surface area contributed by atoms with Gasteiger partial charge in [0.2, 0.25) is 47.3 Å². The molecular formula is C58H105N9O30P-. The quantitative estimate of drug-likeness (QED) is 0.0199. The number of amides is 8. The minimum atomic E-state index is -4.79. The first-order valence-corrected chi connectivity index (χ1v) is 33.8. The van der Waals surface area contributed by atoms with Gasteiger partial charge in [0, 0.05) is 79.5 Å². The van der Waals surface area contributed by atoms with E-state index in [1.165, 1.54) is 51.3 Å². The van der Waals surface area contributed by atoms with E-state index in [4.69, 9.17) is 46.9 Å². The Morgan fingerprint density at radius 1 is 0.520 bits per heavy atom. The SMILES string of the molecule is CC(=O)NC1C(CCCOCCNC(=O)CN(CCCN(CC(=O)NCCOCCOC2OC(CO)C(O)C(O)C2NC(C)=O)C(=O)CCCC(=O)NC[C@@H](O)COP(=O)([O-])OC(C)(C)C)CC(=O)NCCOCCOC2OC(CO)C(O)C(O)C2NC(C)=O)OC(CO)C(O)C1O. The maximum Gasteiger partial charge on any atom is 0.268 e. The second-order valence-corrected chi connectivity index (χ2v) is 25.7. The molecule has 16 unspecified atom stereocenters. The normalized spacial score (nSPS) is 26.7. The summed E-state index contributed by atoms with van der Waals surface area (Å²) in [4.78, 5) is 117. The number of aliphatic hydroxyl groups is 10. The number of nitrogens with zero attached hydrogens (tertiary/aromatic N) is 2. The second-order valence-electron chi connectivity index (χ2n) is 24.4. The zero-order valence-electron chi connectivity index (χ0n) is 56.3. The molecule has 0 radical (unpaired) electrons. The minimum absolute atomic E-state index is 0.0104. The third kappa shape index (κ3) is 33.7. The number of hydrogen-bond donors (Lipinski definition) is 17. The first-order chi connectivity index (χ1) is 46.3. The molecule has 3 rings (SSSR count). The van der Waals surface area contributed by atoms with Gasteiger partial charge in [-0.15, -0.1) is 0 Å². The molecule has 3 aliphatic rings. The van der Waals surface area contributed by atoms with Gasteiger partial charge >= 0.3 is 0 Å². The van der Waals surface area contributed by atoms with Crippen molar-refractivity contribution in [2.75, 3.05) is 138 Å². The lowest BCUT2D eigenvalue weighted by Gasteiger charge is -2.42. The fourth-order valence-electron chi connectivity index (χ4n) is 10.2. The minimum Gasteiger partial charge on any atom is -0.756 e. The molecule has 0 aromatic carbocycles. The summed E-state index contributed by atoms with van der Waals surface area (Å²) in [7, 11) is -4.79. The molecule has 3 heterocycles. The molecule has 39 nitrogen and oxygen atoms in total. The van der Waals surface area contributed by atoms with Gasteiger partial charge in [0.25, 0.3) is 7.82 Å². The highest BCUT2D eigenvalue weighted by atomic mass is 31.2. The van der Waals surface area contributed by atoms with Crippen molar-refractivity contribution in [1.29, 1.82) is 0 Å². The van der Waals surface area contributed by atoms with Gasteiger partial charge in [0.15, 0.2) is 12.6 Å². The van der Waals surface area contributed by atoms with Crippen LogP contribution >= 0.6 is 7.82 Å². The van der Waals surface area contributed by atoms with Crippen LogP contribution in [0.25, 0.3) is 0 Å². The molecule has 98 heavy (non-hydrogen) atoms. The largest absolute Gasteiger partial charge is 0.756 e. The number of carbonyl (C=O) groups excluding carboxylic acids is 8. The molecule has 568 valence electrons. The zero-order chi connectivity index (χ0) is 73.1. The molecule has 8 amide bonds. The zero-order valence-corrected chi connectivity index (χ0v) is 57.2. The number of aliphatic hydroxyl groups excluding tert-OH is 10. The van der Waals surface area contributed by atoms with E-state index in [1.54, 1.807) is 0 Å². The van der Waals surface area contributed by atoms with Gasteiger partial charge < -0.3 is 145 Å². The lowest BCUT2D eigenvalue weighted by molar-refractivity contribution is -0.272. The third-order valence-electron chi connectivity index (χ3n) is 14.9. The topological polar surface area (TPSA) is 562 Å². The summed E-state index contributed by atoms with van der Waals surface area (Å²) in [6.07, 6.45) is -17.1. The molecule has 17 N–H and O–H groups in total. The lowest BCUT2D eigenvalue weighted by atomic mass is 9.90. The molecule has 0 saturated carbocycles. The predicted molar refractivity (Wildman–Crippen MR) is 334 cm³/mol. The maximum atomic E-state index is 13.9. The monoisotopic (exact) mass is 1440 g/mol. The van der Waals surface area contributed by atoms with E-state index < -0.39 is 198 Å². The number of rotatable bonds is 47. The van der Waals surface area contributed by atoms with E-state index >= 15 is 0 Å². The summed E-state index contributed by atoms with van der Waals surface area (Å²) in [5.41, 5.74) is -1.10. The van der Waals surface area contributed by atoms with Gasteiger partial charge in [0.1, 0.15) is 67.0 Å². The average molecular weight is 1440 g/mol. The molecule has 3 saturated heterocycles. The first-order valence-electron chi connectivity index (χ1n) is 32.4. The molecule has 3 fully saturated rings. The number of carbonyl (C=O) groups is 8. The van der Waals surface area contributed by atoms with Crippen molar-refractivity contribution >= 4 is 55.1 Å². The maximum absolute atomic E-state index is 13.9. The average Bonchev–Trinajstić information content (AvgIpc) is 0.825. The Bertz CT molecular complexity index is 2390. The van der Waals surface area contributed by atoms with Gasteiger partial charge in [0.05, 0.1) is 116 Å². The van der Waals surface area contributed by atoms with E-state index in [2.05, 4.69) is 37.2 Å². The summed E-state index contributed by atoms with van der Waals surface area (Å²) in [5.74, 6) is -4.50. The Labute approximate surface area is 568 Å². The van der Waals surface area contributed by atoms with Gasteiger partial charge in [-0.3, -0.25) is 47.8 Å². The van der Waals surface area contributed by atoms with Crippen molar-refractivity contribution in [2.24, 2.45) is 0 Å². The number of phosphoric ester groups is 1. The van der Waals surface area contributed by atoms with Crippen LogP contribution in [0.15, 0.2) is 0 Å². The van der Waals surface area contributed by atoms with E-state index in [-0.39, 0.29) is 131 Å².